The van der Waals surface area contributed by atoms with Gasteiger partial charge in [-0.3, -0.25) is 0 Å². The fraction of sp³-hybridized carbons (Fsp3) is 0.0833. The third kappa shape index (κ3) is 2.22. The van der Waals surface area contributed by atoms with Gasteiger partial charge in [-0.1, -0.05) is 36.4 Å². The Labute approximate surface area is 78.3 Å². The molecule has 0 amide bonds. The van der Waals surface area contributed by atoms with E-state index in [-0.39, 0.29) is 0 Å². The topological polar surface area (TPSA) is 9.23 Å². The zero-order valence-corrected chi connectivity index (χ0v) is 7.31. The second-order valence-corrected chi connectivity index (χ2v) is 2.87. The summed E-state index contributed by atoms with van der Waals surface area (Å²) in [5.41, 5.74) is 0. The van der Waals surface area contributed by atoms with E-state index in [1.54, 1.807) is 0 Å². The van der Waals surface area contributed by atoms with E-state index < -0.39 is 0 Å². The van der Waals surface area contributed by atoms with E-state index in [1.165, 1.54) is 0 Å². The van der Waals surface area contributed by atoms with Crippen molar-refractivity contribution in [3.05, 3.63) is 60.7 Å². The molecule has 65 valence electrons. The molecule has 0 aliphatic heterocycles. The van der Waals surface area contributed by atoms with E-state index in [4.69, 9.17) is 4.74 Å². The van der Waals surface area contributed by atoms with Gasteiger partial charge in [-0.2, -0.15) is 0 Å². The molecule has 0 atom stereocenters. The van der Waals surface area contributed by atoms with Crippen molar-refractivity contribution in [1.29, 1.82) is 0 Å². The van der Waals surface area contributed by atoms with Crippen LogP contribution in [0.25, 0.3) is 0 Å². The van der Waals surface area contributed by atoms with Crippen LogP contribution in [-0.4, -0.2) is 0 Å². The quantitative estimate of drug-likeness (QED) is 0.664. The maximum atomic E-state index is 5.63. The van der Waals surface area contributed by atoms with Crippen molar-refractivity contribution in [2.45, 2.75) is 6.42 Å². The van der Waals surface area contributed by atoms with Gasteiger partial charge >= 0.3 is 0 Å². The summed E-state index contributed by atoms with van der Waals surface area (Å²) in [5.74, 6) is 0.900. The lowest BCUT2D eigenvalue weighted by Gasteiger charge is -2.13. The summed E-state index contributed by atoms with van der Waals surface area (Å²) >= 11 is 0. The highest BCUT2D eigenvalue weighted by Gasteiger charge is 2.07. The predicted octanol–water partition coefficient (Wildman–Crippen LogP) is 3.11. The molecule has 0 heterocycles. The average Bonchev–Trinajstić information content (AvgIpc) is 2.21. The summed E-state index contributed by atoms with van der Waals surface area (Å²) in [6.45, 7) is 0. The number of hydrogen-bond donors (Lipinski definition) is 0. The molecule has 1 heteroatoms. The van der Waals surface area contributed by atoms with Gasteiger partial charge < -0.3 is 4.74 Å². The van der Waals surface area contributed by atoms with Crippen molar-refractivity contribution in [2.24, 2.45) is 0 Å². The van der Waals surface area contributed by atoms with E-state index in [0.717, 1.165) is 18.3 Å². The summed E-state index contributed by atoms with van der Waals surface area (Å²) < 4.78 is 5.63. The number of allylic oxidation sites excluding steroid dienone is 2. The molecular weight excluding hydrogens is 160 g/mol. The summed E-state index contributed by atoms with van der Waals surface area (Å²) in [6.07, 6.45) is 9.96. The van der Waals surface area contributed by atoms with Crippen LogP contribution in [0.15, 0.2) is 54.6 Å². The van der Waals surface area contributed by atoms with Crippen LogP contribution in [0.1, 0.15) is 6.42 Å². The van der Waals surface area contributed by atoms with Crippen molar-refractivity contribution in [2.75, 3.05) is 0 Å². The van der Waals surface area contributed by atoms with Gasteiger partial charge in [-0.25, -0.2) is 0 Å². The smallest absolute Gasteiger partial charge is 0.174 e. The van der Waals surface area contributed by atoms with Gasteiger partial charge in [0.25, 0.3) is 0 Å². The molecule has 0 unspecified atom stereocenters. The summed E-state index contributed by atoms with van der Waals surface area (Å²) in [7, 11) is 0. The van der Waals surface area contributed by atoms with Gasteiger partial charge in [0, 0.05) is 6.42 Å². The van der Waals surface area contributed by atoms with Crippen LogP contribution in [0.2, 0.25) is 0 Å². The van der Waals surface area contributed by atoms with Crippen LogP contribution in [0, 0.1) is 6.10 Å². The minimum atomic E-state index is 0.880. The molecule has 13 heavy (non-hydrogen) atoms. The molecule has 0 saturated carbocycles. The molecule has 0 bridgehead atoms. The second-order valence-electron chi connectivity index (χ2n) is 2.87. The third-order valence-corrected chi connectivity index (χ3v) is 1.84. The zero-order chi connectivity index (χ0) is 8.93. The number of para-hydroxylation sites is 1. The Hall–Kier alpha value is -1.50. The molecule has 0 saturated heterocycles. The lowest BCUT2D eigenvalue weighted by Crippen LogP contribution is -2.03. The maximum Gasteiger partial charge on any atom is 0.174 e. The fourth-order valence-corrected chi connectivity index (χ4v) is 1.21. The van der Waals surface area contributed by atoms with Crippen LogP contribution in [0.4, 0.5) is 0 Å². The molecule has 1 aliphatic carbocycles. The Morgan fingerprint density at radius 3 is 2.54 bits per heavy atom. The van der Waals surface area contributed by atoms with E-state index in [1.807, 2.05) is 48.6 Å². The lowest BCUT2D eigenvalue weighted by atomic mass is 10.1. The summed E-state index contributed by atoms with van der Waals surface area (Å²) in [6, 6.07) is 9.84. The van der Waals surface area contributed by atoms with Crippen LogP contribution >= 0.6 is 0 Å². The van der Waals surface area contributed by atoms with E-state index in [2.05, 4.69) is 6.08 Å². The van der Waals surface area contributed by atoms with Crippen molar-refractivity contribution < 1.29 is 4.74 Å². The molecule has 1 nitrogen and oxygen atoms in total. The fourth-order valence-electron chi connectivity index (χ4n) is 1.21. The Morgan fingerprint density at radius 1 is 1.00 bits per heavy atom. The first-order chi connectivity index (χ1) is 6.45. The van der Waals surface area contributed by atoms with Gasteiger partial charge in [0.05, 0.1) is 0 Å². The molecular formula is C12H11O. The van der Waals surface area contributed by atoms with E-state index in [9.17, 15) is 0 Å². The minimum absolute atomic E-state index is 0.880. The molecule has 0 fully saturated rings. The number of benzene rings is 1. The van der Waals surface area contributed by atoms with Gasteiger partial charge in [0.2, 0.25) is 0 Å². The summed E-state index contributed by atoms with van der Waals surface area (Å²) in [5, 5.41) is 0. The molecule has 1 radical (unpaired) electrons. The Morgan fingerprint density at radius 2 is 1.85 bits per heavy atom. The molecule has 0 N–H and O–H groups in total. The van der Waals surface area contributed by atoms with Crippen LogP contribution in [0.3, 0.4) is 0 Å². The number of ether oxygens (including phenoxy) is 1. The average molecular weight is 171 g/mol. The largest absolute Gasteiger partial charge is 0.478 e. The summed E-state index contributed by atoms with van der Waals surface area (Å²) in [4.78, 5) is 0. The monoisotopic (exact) mass is 171 g/mol. The lowest BCUT2D eigenvalue weighted by molar-refractivity contribution is 0.351. The SMILES string of the molecule is C1=CC[C](Oc2ccccc2)C=C1. The normalized spacial score (nSPS) is 16.0. The first-order valence-electron chi connectivity index (χ1n) is 4.37. The van der Waals surface area contributed by atoms with Gasteiger partial charge in [0.15, 0.2) is 6.10 Å². The molecule has 1 aliphatic rings. The highest BCUT2D eigenvalue weighted by Crippen LogP contribution is 2.20. The Bertz CT molecular complexity index is 311. The standard InChI is InChI=1S/C12H11O/c1-3-7-11(8-4-1)13-12-9-5-2-6-10-12/h1-9H,10H2. The highest BCUT2D eigenvalue weighted by molar-refractivity contribution is 5.27. The number of hydrogen-bond acceptors (Lipinski definition) is 1. The third-order valence-electron chi connectivity index (χ3n) is 1.84. The molecule has 1 aromatic rings. The van der Waals surface area contributed by atoms with Crippen LogP contribution in [0.5, 0.6) is 5.75 Å². The Kier molecular flexibility index (Phi) is 2.46. The molecule has 2 rings (SSSR count). The minimum Gasteiger partial charge on any atom is -0.478 e. The Balaban J connectivity index is 1.99. The number of rotatable bonds is 2. The van der Waals surface area contributed by atoms with E-state index >= 15 is 0 Å². The first kappa shape index (κ1) is 8.11. The van der Waals surface area contributed by atoms with Crippen molar-refractivity contribution in [1.82, 2.24) is 0 Å². The van der Waals surface area contributed by atoms with Gasteiger partial charge in [-0.05, 0) is 18.2 Å². The maximum absolute atomic E-state index is 5.63. The molecule has 0 spiro atoms. The van der Waals surface area contributed by atoms with Crippen LogP contribution < -0.4 is 4.74 Å². The predicted molar refractivity (Wildman–Crippen MR) is 53.2 cm³/mol. The highest BCUT2D eigenvalue weighted by atomic mass is 16.5. The second kappa shape index (κ2) is 3.94. The van der Waals surface area contributed by atoms with Crippen LogP contribution in [-0.2, 0) is 0 Å². The van der Waals surface area contributed by atoms with Gasteiger partial charge in [-0.15, -0.1) is 0 Å². The van der Waals surface area contributed by atoms with Crippen molar-refractivity contribution >= 4 is 0 Å². The van der Waals surface area contributed by atoms with E-state index in [0.29, 0.717) is 0 Å². The molecule has 0 aromatic heterocycles. The van der Waals surface area contributed by atoms with Gasteiger partial charge in [0.1, 0.15) is 5.75 Å². The van der Waals surface area contributed by atoms with Crippen molar-refractivity contribution in [3.8, 4) is 5.75 Å². The van der Waals surface area contributed by atoms with Crippen molar-refractivity contribution in [3.63, 3.8) is 0 Å². The zero-order valence-electron chi connectivity index (χ0n) is 7.31. The molecule has 1 aromatic carbocycles. The first-order valence-corrected chi connectivity index (χ1v) is 4.37.